The molecule has 202 valence electrons. The number of carbonyl (C=O) groups is 1. The third-order valence-electron chi connectivity index (χ3n) is 4.92. The van der Waals surface area contributed by atoms with Crippen LogP contribution in [0.4, 0.5) is 40.3 Å². The van der Waals surface area contributed by atoms with Gasteiger partial charge in [0.05, 0.1) is 16.8 Å². The minimum absolute atomic E-state index is 0.00936. The van der Waals surface area contributed by atoms with Crippen LogP contribution in [0.3, 0.4) is 0 Å². The smallest absolute Gasteiger partial charge is 0.296 e. The van der Waals surface area contributed by atoms with E-state index in [1.165, 1.54) is 18.2 Å². The van der Waals surface area contributed by atoms with E-state index in [0.717, 1.165) is 24.6 Å². The second kappa shape index (κ2) is 9.26. The summed E-state index contributed by atoms with van der Waals surface area (Å²) in [5, 5.41) is 20.6. The normalized spacial score (nSPS) is 12.7. The summed E-state index contributed by atoms with van der Waals surface area (Å²) in [5.74, 6) is -7.86. The molecule has 0 unspecified atom stereocenters. The van der Waals surface area contributed by atoms with E-state index in [1.54, 1.807) is 6.92 Å². The van der Waals surface area contributed by atoms with Crippen LogP contribution in [-0.2, 0) is 19.1 Å². The first-order valence-electron chi connectivity index (χ1n) is 9.94. The lowest BCUT2D eigenvalue weighted by Crippen LogP contribution is -2.36. The summed E-state index contributed by atoms with van der Waals surface area (Å²) < 4.78 is 108. The van der Waals surface area contributed by atoms with Gasteiger partial charge < -0.3 is 0 Å². The Hall–Kier alpha value is -3.67. The van der Waals surface area contributed by atoms with Crippen molar-refractivity contribution < 1.29 is 39.9 Å². The number of halogens is 9. The van der Waals surface area contributed by atoms with Crippen LogP contribution in [0, 0.1) is 6.92 Å². The van der Waals surface area contributed by atoms with Crippen LogP contribution in [0.1, 0.15) is 26.6 Å². The van der Waals surface area contributed by atoms with Crippen LogP contribution >= 0.6 is 22.9 Å². The van der Waals surface area contributed by atoms with Gasteiger partial charge in [-0.05, 0) is 19.1 Å². The quantitative estimate of drug-likeness (QED) is 0.314. The molecule has 0 bridgehead atoms. The fourth-order valence-electron chi connectivity index (χ4n) is 3.26. The Balaban J connectivity index is 1.76. The van der Waals surface area contributed by atoms with E-state index in [1.807, 2.05) is 0 Å². The predicted molar refractivity (Wildman–Crippen MR) is 116 cm³/mol. The van der Waals surface area contributed by atoms with Crippen LogP contribution in [0.25, 0.3) is 17.1 Å². The van der Waals surface area contributed by atoms with Crippen LogP contribution in [0.5, 0.6) is 0 Å². The molecule has 38 heavy (non-hydrogen) atoms. The Morgan fingerprint density at radius 3 is 2.32 bits per heavy atom. The average Bonchev–Trinajstić information content (AvgIpc) is 3.51. The molecule has 0 radical (unpaired) electrons. The van der Waals surface area contributed by atoms with Gasteiger partial charge in [-0.1, -0.05) is 34.2 Å². The zero-order valence-electron chi connectivity index (χ0n) is 18.7. The van der Waals surface area contributed by atoms with Crippen molar-refractivity contribution in [2.45, 2.75) is 25.2 Å². The first-order valence-corrected chi connectivity index (χ1v) is 11.1. The molecule has 0 saturated carbocycles. The van der Waals surface area contributed by atoms with Crippen LogP contribution in [0.2, 0.25) is 5.02 Å². The number of aromatic nitrogens is 7. The molecule has 1 N–H and O–H groups in total. The van der Waals surface area contributed by atoms with Crippen LogP contribution < -0.4 is 5.32 Å². The summed E-state index contributed by atoms with van der Waals surface area (Å²) in [5.41, 5.74) is -5.03. The Morgan fingerprint density at radius 1 is 1.05 bits per heavy atom. The van der Waals surface area contributed by atoms with E-state index in [0.29, 0.717) is 9.69 Å². The molecule has 4 rings (SSSR count). The molecule has 0 fully saturated rings. The highest BCUT2D eigenvalue weighted by molar-refractivity contribution is 7.15. The first-order chi connectivity index (χ1) is 17.5. The van der Waals surface area contributed by atoms with Crippen molar-refractivity contribution >= 4 is 34.0 Å². The summed E-state index contributed by atoms with van der Waals surface area (Å²) in [6, 6.07) is 3.83. The van der Waals surface area contributed by atoms with Gasteiger partial charge in [-0.25, -0.2) is 9.36 Å². The molecule has 0 spiro atoms. The Kier molecular flexibility index (Phi) is 6.67. The lowest BCUT2D eigenvalue weighted by Gasteiger charge is -2.19. The molecule has 0 atom stereocenters. The molecule has 0 aliphatic carbocycles. The summed E-state index contributed by atoms with van der Waals surface area (Å²) in [7, 11) is 0.738. The average molecular weight is 587 g/mol. The Labute approximate surface area is 215 Å². The lowest BCUT2D eigenvalue weighted by atomic mass is 10.1. The number of hydrogen-bond donors (Lipinski definition) is 1. The first kappa shape index (κ1) is 27.4. The lowest BCUT2D eigenvalue weighted by molar-refractivity contribution is -0.292. The molecule has 3 heterocycles. The molecule has 1 aromatic carbocycles. The van der Waals surface area contributed by atoms with Crippen molar-refractivity contribution in [1.29, 1.82) is 0 Å². The van der Waals surface area contributed by atoms with Gasteiger partial charge in [0.1, 0.15) is 16.3 Å². The van der Waals surface area contributed by atoms with E-state index < -0.39 is 41.3 Å². The fraction of sp³-hybridized carbons (Fsp3) is 0.263. The highest BCUT2D eigenvalue weighted by Crippen LogP contribution is 2.49. The second-order valence-corrected chi connectivity index (χ2v) is 9.15. The van der Waals surface area contributed by atoms with Gasteiger partial charge in [0.25, 0.3) is 5.91 Å². The molecule has 4 aromatic rings. The van der Waals surface area contributed by atoms with Crippen LogP contribution in [-0.4, -0.2) is 47.1 Å². The fourth-order valence-corrected chi connectivity index (χ4v) is 4.05. The summed E-state index contributed by atoms with van der Waals surface area (Å²) >= 11 is 7.17. The Morgan fingerprint density at radius 2 is 1.74 bits per heavy atom. The minimum Gasteiger partial charge on any atom is -0.296 e. The molecule has 9 nitrogen and oxygen atoms in total. The maximum Gasteiger partial charge on any atom is 0.459 e. The number of rotatable bonds is 5. The number of carbonyl (C=O) groups excluding carboxylic acids is 1. The number of benzene rings is 1. The van der Waals surface area contributed by atoms with Crippen molar-refractivity contribution in [3.8, 4) is 17.1 Å². The van der Waals surface area contributed by atoms with Crippen molar-refractivity contribution in [3.05, 3.63) is 51.2 Å². The van der Waals surface area contributed by atoms with E-state index >= 15 is 0 Å². The number of amides is 1. The number of anilines is 1. The second-order valence-electron chi connectivity index (χ2n) is 7.56. The zero-order valence-corrected chi connectivity index (χ0v) is 20.2. The van der Waals surface area contributed by atoms with Gasteiger partial charge in [0, 0.05) is 12.6 Å². The molecule has 0 saturated heterocycles. The highest BCUT2D eigenvalue weighted by atomic mass is 35.5. The van der Waals surface area contributed by atoms with Crippen LogP contribution in [0.15, 0.2) is 24.4 Å². The highest BCUT2D eigenvalue weighted by Gasteiger charge is 2.64. The maximum atomic E-state index is 13.9. The van der Waals surface area contributed by atoms with E-state index in [9.17, 15) is 39.9 Å². The van der Waals surface area contributed by atoms with Gasteiger partial charge in [0.15, 0.2) is 11.5 Å². The number of alkyl halides is 8. The summed E-state index contributed by atoms with van der Waals surface area (Å²) in [4.78, 5) is 12.6. The molecule has 3 aromatic heterocycles. The third-order valence-corrected chi connectivity index (χ3v) is 6.00. The minimum atomic E-state index is -6.35. The van der Waals surface area contributed by atoms with Gasteiger partial charge in [-0.2, -0.15) is 40.2 Å². The number of aryl methyl sites for hydroxylation is 2. The number of nitrogens with one attached hydrogen (secondary N) is 1. The van der Waals surface area contributed by atoms with Crippen molar-refractivity contribution in [3.63, 3.8) is 0 Å². The molecular weight excluding hydrogens is 576 g/mol. The van der Waals surface area contributed by atoms with Gasteiger partial charge >= 0.3 is 18.3 Å². The number of hydrogen-bond acceptors (Lipinski definition) is 7. The molecule has 0 aliphatic heterocycles. The molecule has 0 aliphatic rings. The van der Waals surface area contributed by atoms with E-state index in [4.69, 9.17) is 11.6 Å². The van der Waals surface area contributed by atoms with Gasteiger partial charge in [-0.3, -0.25) is 10.1 Å². The summed E-state index contributed by atoms with van der Waals surface area (Å²) in [6.45, 7) is 1.66. The monoisotopic (exact) mass is 586 g/mol. The Bertz CT molecular complexity index is 1520. The van der Waals surface area contributed by atoms with Crippen molar-refractivity contribution in [2.75, 3.05) is 5.32 Å². The standard InChI is InChI=1S/C19H11ClF8N8OS/c1-7-30-32-16(38-7)29-14(37)9-5-8(3-4-10(9)20)11-6-36(34-31-11)15-12(18(23,24)25)13(33-35(15)2)17(21,22)19(26,27)28/h3-6H,1-2H3,(H,29,32,37). The SMILES string of the molecule is Cc1nnc(NC(=O)c2cc(-c3cn(-c4c(C(F)(F)F)c(C(F)(F)C(F)(F)F)nn4C)nn3)ccc2Cl)s1. The topological polar surface area (TPSA) is 103 Å². The third kappa shape index (κ3) is 4.92. The van der Waals surface area contributed by atoms with Gasteiger partial charge in [-0.15, -0.1) is 15.3 Å². The summed E-state index contributed by atoms with van der Waals surface area (Å²) in [6.07, 6.45) is -11.2. The zero-order chi connectivity index (χ0) is 28.2. The molecule has 1 amide bonds. The van der Waals surface area contributed by atoms with E-state index in [-0.39, 0.29) is 31.7 Å². The number of nitrogens with zero attached hydrogens (tertiary/aromatic N) is 7. The van der Waals surface area contributed by atoms with Crippen molar-refractivity contribution in [1.82, 2.24) is 35.0 Å². The van der Waals surface area contributed by atoms with E-state index in [2.05, 4.69) is 30.9 Å². The maximum absolute atomic E-state index is 13.9. The van der Waals surface area contributed by atoms with Crippen molar-refractivity contribution in [2.24, 2.45) is 7.05 Å². The molecular formula is C19H11ClF8N8OS. The van der Waals surface area contributed by atoms with Gasteiger partial charge in [0.2, 0.25) is 5.13 Å². The largest absolute Gasteiger partial charge is 0.459 e. The predicted octanol–water partition coefficient (Wildman–Crippen LogP) is 5.41. The molecule has 19 heteroatoms.